The highest BCUT2D eigenvalue weighted by molar-refractivity contribution is 5.69. The van der Waals surface area contributed by atoms with Crippen LogP contribution in [0.3, 0.4) is 0 Å². The maximum Gasteiger partial charge on any atom is 0.308 e. The first-order valence-corrected chi connectivity index (χ1v) is 4.32. The van der Waals surface area contributed by atoms with Gasteiger partial charge in [0.1, 0.15) is 0 Å². The van der Waals surface area contributed by atoms with Crippen molar-refractivity contribution in [3.8, 4) is 0 Å². The first kappa shape index (κ1) is 12.4. The minimum Gasteiger partial charge on any atom is -0.469 e. The number of rotatable bonds is 6. The summed E-state index contributed by atoms with van der Waals surface area (Å²) >= 11 is 0. The van der Waals surface area contributed by atoms with Gasteiger partial charge in [-0.05, 0) is 19.3 Å². The third kappa shape index (κ3) is 6.54. The summed E-state index contributed by atoms with van der Waals surface area (Å²) in [6.45, 7) is 3.52. The molecule has 0 fully saturated rings. The molecule has 1 radical (unpaired) electrons. The molecule has 4 nitrogen and oxygen atoms in total. The predicted molar refractivity (Wildman–Crippen MR) is 47.9 cm³/mol. The van der Waals surface area contributed by atoms with Gasteiger partial charge in [0, 0.05) is 0 Å². The van der Waals surface area contributed by atoms with Crippen LogP contribution in [0.15, 0.2) is 0 Å². The average molecular weight is 189 g/mol. The van der Waals surface area contributed by atoms with Gasteiger partial charge in [0.25, 0.3) is 0 Å². The molecular weight excluding hydrogens is 172 g/mol. The summed E-state index contributed by atoms with van der Waals surface area (Å²) < 4.78 is 4.38. The summed E-state index contributed by atoms with van der Waals surface area (Å²) in [7, 11) is 1.28. The summed E-state index contributed by atoms with van der Waals surface area (Å²) in [5, 5.41) is 18.4. The van der Waals surface area contributed by atoms with E-state index >= 15 is 0 Å². The van der Waals surface area contributed by atoms with Crippen molar-refractivity contribution in [2.24, 2.45) is 0 Å². The Morgan fingerprint density at radius 1 is 1.38 bits per heavy atom. The molecule has 0 aromatic heterocycles. The van der Waals surface area contributed by atoms with Crippen molar-refractivity contribution in [2.75, 3.05) is 7.11 Å². The second-order valence-corrected chi connectivity index (χ2v) is 2.95. The highest BCUT2D eigenvalue weighted by Crippen LogP contribution is 2.07. The fraction of sp³-hybridized carbons (Fsp3) is 0.778. The maximum absolute atomic E-state index is 10.7. The van der Waals surface area contributed by atoms with Crippen LogP contribution in [0.5, 0.6) is 0 Å². The topological polar surface area (TPSA) is 66.8 Å². The lowest BCUT2D eigenvalue weighted by Crippen LogP contribution is -2.17. The van der Waals surface area contributed by atoms with E-state index in [1.807, 2.05) is 0 Å². The van der Waals surface area contributed by atoms with Gasteiger partial charge in [0.2, 0.25) is 0 Å². The standard InChI is InChI=1S/C9H17O4/c1-3-7(10)4-5-8(11)6-9(12)13-2/h7-8,10-11H,1,3-6H2,2H3. The van der Waals surface area contributed by atoms with E-state index in [4.69, 9.17) is 5.11 Å². The Morgan fingerprint density at radius 2 is 1.92 bits per heavy atom. The van der Waals surface area contributed by atoms with Crippen molar-refractivity contribution in [1.82, 2.24) is 0 Å². The molecule has 2 atom stereocenters. The van der Waals surface area contributed by atoms with Crippen molar-refractivity contribution >= 4 is 5.97 Å². The molecule has 0 saturated carbocycles. The lowest BCUT2D eigenvalue weighted by atomic mass is 10.1. The van der Waals surface area contributed by atoms with Crippen molar-refractivity contribution in [2.45, 2.75) is 37.9 Å². The minimum atomic E-state index is -0.728. The van der Waals surface area contributed by atoms with Gasteiger partial charge in [0.15, 0.2) is 0 Å². The molecule has 2 unspecified atom stereocenters. The van der Waals surface area contributed by atoms with Crippen LogP contribution >= 0.6 is 0 Å². The van der Waals surface area contributed by atoms with E-state index in [1.165, 1.54) is 7.11 Å². The van der Waals surface area contributed by atoms with E-state index in [0.717, 1.165) is 0 Å². The fourth-order valence-corrected chi connectivity index (χ4v) is 0.907. The number of aliphatic hydroxyl groups is 2. The lowest BCUT2D eigenvalue weighted by Gasteiger charge is -2.11. The molecule has 13 heavy (non-hydrogen) atoms. The van der Waals surface area contributed by atoms with Crippen LogP contribution in [-0.2, 0) is 9.53 Å². The van der Waals surface area contributed by atoms with Crippen molar-refractivity contribution in [3.63, 3.8) is 0 Å². The Labute approximate surface area is 78.5 Å². The number of hydrogen-bond acceptors (Lipinski definition) is 4. The number of aliphatic hydroxyl groups excluding tert-OH is 2. The van der Waals surface area contributed by atoms with Crippen molar-refractivity contribution in [1.29, 1.82) is 0 Å². The summed E-state index contributed by atoms with van der Waals surface area (Å²) in [6, 6.07) is 0. The Balaban J connectivity index is 3.50. The van der Waals surface area contributed by atoms with Crippen LogP contribution in [0.4, 0.5) is 0 Å². The molecule has 4 heteroatoms. The normalized spacial score (nSPS) is 15.1. The largest absolute Gasteiger partial charge is 0.469 e. The van der Waals surface area contributed by atoms with Gasteiger partial charge in [-0.15, -0.1) is 0 Å². The molecular formula is C9H17O4. The molecule has 0 aromatic carbocycles. The van der Waals surface area contributed by atoms with Crippen molar-refractivity contribution in [3.05, 3.63) is 6.92 Å². The van der Waals surface area contributed by atoms with Crippen LogP contribution in [0.1, 0.15) is 25.7 Å². The van der Waals surface area contributed by atoms with Crippen LogP contribution in [0, 0.1) is 6.92 Å². The molecule has 2 N–H and O–H groups in total. The minimum absolute atomic E-state index is 0.0135. The third-order valence-electron chi connectivity index (χ3n) is 1.80. The zero-order valence-corrected chi connectivity index (χ0v) is 7.90. The number of hydrogen-bond donors (Lipinski definition) is 2. The number of carbonyl (C=O) groups excluding carboxylic acids is 1. The number of esters is 1. The van der Waals surface area contributed by atoms with Gasteiger partial charge in [-0.3, -0.25) is 4.79 Å². The van der Waals surface area contributed by atoms with Crippen LogP contribution in [0.25, 0.3) is 0 Å². The van der Waals surface area contributed by atoms with Gasteiger partial charge in [0.05, 0.1) is 25.7 Å². The molecule has 0 aliphatic rings. The highest BCUT2D eigenvalue weighted by atomic mass is 16.5. The summed E-state index contributed by atoms with van der Waals surface area (Å²) in [5.74, 6) is -0.434. The Bertz CT molecular complexity index is 147. The molecule has 0 bridgehead atoms. The predicted octanol–water partition coefficient (Wildman–Crippen LogP) is 0.276. The second kappa shape index (κ2) is 6.86. The average Bonchev–Trinajstić information content (AvgIpc) is 2.13. The number of carbonyl (C=O) groups is 1. The Kier molecular flexibility index (Phi) is 6.54. The SMILES string of the molecule is [CH2]CC(O)CCC(O)CC(=O)OC. The zero-order chi connectivity index (χ0) is 10.3. The van der Waals surface area contributed by atoms with E-state index in [9.17, 15) is 9.90 Å². The molecule has 0 spiro atoms. The van der Waals surface area contributed by atoms with E-state index in [2.05, 4.69) is 11.7 Å². The third-order valence-corrected chi connectivity index (χ3v) is 1.80. The van der Waals surface area contributed by atoms with Crippen molar-refractivity contribution < 1.29 is 19.7 Å². The molecule has 0 aliphatic heterocycles. The quantitative estimate of drug-likeness (QED) is 0.589. The van der Waals surface area contributed by atoms with E-state index in [-0.39, 0.29) is 6.42 Å². The molecule has 0 aliphatic carbocycles. The summed E-state index contributed by atoms with van der Waals surface area (Å²) in [5.41, 5.74) is 0. The molecule has 0 rings (SSSR count). The van der Waals surface area contributed by atoms with E-state index in [0.29, 0.717) is 19.3 Å². The van der Waals surface area contributed by atoms with Crippen LogP contribution in [0.2, 0.25) is 0 Å². The Morgan fingerprint density at radius 3 is 2.38 bits per heavy atom. The monoisotopic (exact) mass is 189 g/mol. The van der Waals surface area contributed by atoms with Crippen LogP contribution in [-0.4, -0.2) is 35.5 Å². The second-order valence-electron chi connectivity index (χ2n) is 2.95. The first-order chi connectivity index (χ1) is 6.10. The molecule has 77 valence electrons. The number of ether oxygens (including phenoxy) is 1. The van der Waals surface area contributed by atoms with Gasteiger partial charge in [-0.1, -0.05) is 6.92 Å². The summed E-state index contributed by atoms with van der Waals surface area (Å²) in [4.78, 5) is 10.7. The Hall–Kier alpha value is -0.610. The molecule has 0 saturated heterocycles. The fourth-order valence-electron chi connectivity index (χ4n) is 0.907. The smallest absolute Gasteiger partial charge is 0.308 e. The van der Waals surface area contributed by atoms with Gasteiger partial charge < -0.3 is 14.9 Å². The van der Waals surface area contributed by atoms with Crippen LogP contribution < -0.4 is 0 Å². The maximum atomic E-state index is 10.7. The molecule has 0 heterocycles. The highest BCUT2D eigenvalue weighted by Gasteiger charge is 2.12. The van der Waals surface area contributed by atoms with Gasteiger partial charge in [-0.25, -0.2) is 0 Å². The van der Waals surface area contributed by atoms with E-state index in [1.54, 1.807) is 0 Å². The molecule has 0 amide bonds. The zero-order valence-electron chi connectivity index (χ0n) is 7.90. The van der Waals surface area contributed by atoms with E-state index < -0.39 is 18.2 Å². The first-order valence-electron chi connectivity index (χ1n) is 4.32. The van der Waals surface area contributed by atoms with Gasteiger partial charge in [-0.2, -0.15) is 0 Å². The van der Waals surface area contributed by atoms with Gasteiger partial charge >= 0.3 is 5.97 Å². The number of methoxy groups -OCH3 is 1. The molecule has 0 aromatic rings. The summed E-state index contributed by atoms with van der Waals surface area (Å²) in [6.07, 6.45) is 0.0413. The lowest BCUT2D eigenvalue weighted by molar-refractivity contribution is -0.142.